The SMILES string of the molecule is Cc1cc(C)c(S(=O)(=O)N(C)C)cc1NC(=O)N1CCC[C@@H]1c1nnc(C)n1Cc1ccc(Br)cc1. The fraction of sp³-hybridized carbons (Fsp3) is 0.400. The first-order valence-corrected chi connectivity index (χ1v) is 14.0. The molecule has 1 N–H and O–H groups in total. The predicted octanol–water partition coefficient (Wildman–Crippen LogP) is 4.63. The fourth-order valence-corrected chi connectivity index (χ4v) is 5.91. The molecule has 192 valence electrons. The van der Waals surface area contributed by atoms with Crippen LogP contribution < -0.4 is 5.32 Å². The number of hydrogen-bond acceptors (Lipinski definition) is 5. The van der Waals surface area contributed by atoms with Crippen molar-refractivity contribution in [2.45, 2.75) is 51.1 Å². The van der Waals surface area contributed by atoms with Gasteiger partial charge in [0.15, 0.2) is 5.82 Å². The first-order valence-electron chi connectivity index (χ1n) is 11.7. The Labute approximate surface area is 220 Å². The van der Waals surface area contributed by atoms with E-state index in [0.29, 0.717) is 24.3 Å². The van der Waals surface area contributed by atoms with Crippen molar-refractivity contribution in [3.05, 3.63) is 69.2 Å². The lowest BCUT2D eigenvalue weighted by molar-refractivity contribution is 0.203. The minimum absolute atomic E-state index is 0.177. The number of carbonyl (C=O) groups excluding carboxylic acids is 1. The Bertz CT molecular complexity index is 1390. The van der Waals surface area contributed by atoms with Crippen molar-refractivity contribution in [2.75, 3.05) is 26.0 Å². The van der Waals surface area contributed by atoms with Crippen molar-refractivity contribution in [3.8, 4) is 0 Å². The normalized spacial score (nSPS) is 16.1. The van der Waals surface area contributed by atoms with Gasteiger partial charge in [0.1, 0.15) is 5.82 Å². The number of anilines is 1. The number of amides is 2. The molecule has 0 bridgehead atoms. The molecule has 1 saturated heterocycles. The van der Waals surface area contributed by atoms with E-state index in [1.165, 1.54) is 18.4 Å². The van der Waals surface area contributed by atoms with Crippen LogP contribution in [0, 0.1) is 20.8 Å². The number of aryl methyl sites for hydroxylation is 3. The van der Waals surface area contributed by atoms with E-state index in [4.69, 9.17) is 0 Å². The number of rotatable bonds is 6. The molecule has 0 unspecified atom stereocenters. The summed E-state index contributed by atoms with van der Waals surface area (Å²) in [4.78, 5) is 15.4. The average Bonchev–Trinajstić information content (AvgIpc) is 3.43. The van der Waals surface area contributed by atoms with Gasteiger partial charge in [0.25, 0.3) is 0 Å². The minimum Gasteiger partial charge on any atom is -0.314 e. The van der Waals surface area contributed by atoms with Crippen molar-refractivity contribution in [3.63, 3.8) is 0 Å². The maximum Gasteiger partial charge on any atom is 0.322 e. The summed E-state index contributed by atoms with van der Waals surface area (Å²) in [7, 11) is -0.659. The number of sulfonamides is 1. The molecule has 9 nitrogen and oxygen atoms in total. The highest BCUT2D eigenvalue weighted by Gasteiger charge is 2.34. The van der Waals surface area contributed by atoms with Crippen LogP contribution in [0.4, 0.5) is 10.5 Å². The lowest BCUT2D eigenvalue weighted by atomic mass is 10.1. The molecule has 36 heavy (non-hydrogen) atoms. The summed E-state index contributed by atoms with van der Waals surface area (Å²) < 4.78 is 29.8. The van der Waals surface area contributed by atoms with Crippen LogP contribution in [0.5, 0.6) is 0 Å². The van der Waals surface area contributed by atoms with Gasteiger partial charge in [-0.2, -0.15) is 0 Å². The third kappa shape index (κ3) is 5.18. The molecule has 1 aliphatic rings. The van der Waals surface area contributed by atoms with Crippen LogP contribution in [0.2, 0.25) is 0 Å². The molecule has 2 amide bonds. The van der Waals surface area contributed by atoms with E-state index in [1.807, 2.05) is 38.1 Å². The van der Waals surface area contributed by atoms with Gasteiger partial charge in [0.2, 0.25) is 10.0 Å². The molecule has 11 heteroatoms. The summed E-state index contributed by atoms with van der Waals surface area (Å²) in [6, 6.07) is 10.9. The molecule has 0 spiro atoms. The number of nitrogens with one attached hydrogen (secondary N) is 1. The Morgan fingerprint density at radius 1 is 1.11 bits per heavy atom. The second-order valence-electron chi connectivity index (χ2n) is 9.32. The Morgan fingerprint density at radius 3 is 2.47 bits per heavy atom. The van der Waals surface area contributed by atoms with E-state index in [9.17, 15) is 13.2 Å². The highest BCUT2D eigenvalue weighted by Crippen LogP contribution is 2.33. The molecule has 1 aliphatic heterocycles. The van der Waals surface area contributed by atoms with Crippen molar-refractivity contribution in [1.82, 2.24) is 24.0 Å². The monoisotopic (exact) mass is 574 g/mol. The van der Waals surface area contributed by atoms with E-state index >= 15 is 0 Å². The first kappa shape index (κ1) is 26.3. The smallest absolute Gasteiger partial charge is 0.314 e. The van der Waals surface area contributed by atoms with E-state index in [-0.39, 0.29) is 17.0 Å². The molecule has 3 aromatic rings. The number of urea groups is 1. The Morgan fingerprint density at radius 2 is 1.81 bits per heavy atom. The van der Waals surface area contributed by atoms with Crippen LogP contribution in [0.3, 0.4) is 0 Å². The number of hydrogen-bond donors (Lipinski definition) is 1. The number of nitrogens with zero attached hydrogens (tertiary/aromatic N) is 5. The fourth-order valence-electron chi connectivity index (χ4n) is 4.52. The Hall–Kier alpha value is -2.76. The van der Waals surface area contributed by atoms with Crippen molar-refractivity contribution in [2.24, 2.45) is 0 Å². The van der Waals surface area contributed by atoms with Gasteiger partial charge in [0, 0.05) is 30.8 Å². The summed E-state index contributed by atoms with van der Waals surface area (Å²) >= 11 is 3.47. The third-order valence-electron chi connectivity index (χ3n) is 6.55. The van der Waals surface area contributed by atoms with Gasteiger partial charge in [0.05, 0.1) is 17.5 Å². The molecule has 2 aromatic carbocycles. The van der Waals surface area contributed by atoms with Crippen LogP contribution in [-0.4, -0.2) is 59.1 Å². The molecule has 4 rings (SSSR count). The average molecular weight is 576 g/mol. The van der Waals surface area contributed by atoms with E-state index in [2.05, 4.69) is 36.0 Å². The Balaban J connectivity index is 1.60. The molecule has 0 saturated carbocycles. The Kier molecular flexibility index (Phi) is 7.53. The molecule has 2 heterocycles. The van der Waals surface area contributed by atoms with Crippen molar-refractivity contribution in [1.29, 1.82) is 0 Å². The number of aromatic nitrogens is 3. The lowest BCUT2D eigenvalue weighted by Gasteiger charge is -2.26. The second kappa shape index (κ2) is 10.3. The van der Waals surface area contributed by atoms with Crippen LogP contribution in [0.25, 0.3) is 0 Å². The third-order valence-corrected chi connectivity index (χ3v) is 9.04. The largest absolute Gasteiger partial charge is 0.322 e. The quantitative estimate of drug-likeness (QED) is 0.462. The summed E-state index contributed by atoms with van der Waals surface area (Å²) in [6.45, 7) is 6.71. The van der Waals surface area contributed by atoms with Gasteiger partial charge in [-0.1, -0.05) is 34.1 Å². The lowest BCUT2D eigenvalue weighted by Crippen LogP contribution is -2.36. The predicted molar refractivity (Wildman–Crippen MR) is 142 cm³/mol. The second-order valence-corrected chi connectivity index (χ2v) is 12.4. The summed E-state index contributed by atoms with van der Waals surface area (Å²) in [5.74, 6) is 1.53. The van der Waals surface area contributed by atoms with Gasteiger partial charge < -0.3 is 14.8 Å². The zero-order valence-corrected chi connectivity index (χ0v) is 23.5. The number of carbonyl (C=O) groups is 1. The maximum atomic E-state index is 13.4. The molecular formula is C25H31BrN6O3S. The zero-order valence-electron chi connectivity index (χ0n) is 21.1. The van der Waals surface area contributed by atoms with E-state index in [0.717, 1.165) is 40.1 Å². The van der Waals surface area contributed by atoms with E-state index < -0.39 is 10.0 Å². The van der Waals surface area contributed by atoms with E-state index in [1.54, 1.807) is 24.0 Å². The molecular weight excluding hydrogens is 544 g/mol. The summed E-state index contributed by atoms with van der Waals surface area (Å²) in [6.07, 6.45) is 1.62. The standard InChI is InChI=1S/C25H31BrN6O3S/c1-16-13-17(2)23(36(34,35)30(4)5)14-21(16)27-25(33)31-12-6-7-22(31)24-29-28-18(3)32(24)15-19-8-10-20(26)11-9-19/h8-11,13-14,22H,6-7,12,15H2,1-5H3,(H,27,33)/t22-/m1/s1. The number of halogens is 1. The molecule has 0 radical (unpaired) electrons. The highest BCUT2D eigenvalue weighted by molar-refractivity contribution is 9.10. The van der Waals surface area contributed by atoms with Crippen LogP contribution in [0.15, 0.2) is 45.8 Å². The maximum absolute atomic E-state index is 13.4. The van der Waals surface area contributed by atoms with Crippen LogP contribution in [0.1, 0.15) is 47.2 Å². The number of benzene rings is 2. The molecule has 1 aromatic heterocycles. The van der Waals surface area contributed by atoms with Crippen molar-refractivity contribution >= 4 is 37.7 Å². The van der Waals surface area contributed by atoms with Crippen LogP contribution >= 0.6 is 15.9 Å². The van der Waals surface area contributed by atoms with Crippen molar-refractivity contribution < 1.29 is 13.2 Å². The summed E-state index contributed by atoms with van der Waals surface area (Å²) in [5, 5.41) is 11.7. The topological polar surface area (TPSA) is 100 Å². The number of likely N-dealkylation sites (tertiary alicyclic amines) is 1. The summed E-state index contributed by atoms with van der Waals surface area (Å²) in [5.41, 5.74) is 3.02. The molecule has 0 aliphatic carbocycles. The highest BCUT2D eigenvalue weighted by atomic mass is 79.9. The zero-order chi connectivity index (χ0) is 26.2. The van der Waals surface area contributed by atoms with Gasteiger partial charge >= 0.3 is 6.03 Å². The van der Waals surface area contributed by atoms with Gasteiger partial charge in [-0.05, 0) is 68.5 Å². The first-order chi connectivity index (χ1) is 17.0. The van der Waals surface area contributed by atoms with Gasteiger partial charge in [-0.25, -0.2) is 17.5 Å². The molecule has 1 atom stereocenters. The van der Waals surface area contributed by atoms with Crippen LogP contribution in [-0.2, 0) is 16.6 Å². The van der Waals surface area contributed by atoms with Gasteiger partial charge in [-0.15, -0.1) is 10.2 Å². The molecule has 1 fully saturated rings. The van der Waals surface area contributed by atoms with Gasteiger partial charge in [-0.3, -0.25) is 0 Å². The minimum atomic E-state index is -3.65.